The third-order valence-corrected chi connectivity index (χ3v) is 4.96. The molecule has 21 heavy (non-hydrogen) atoms. The minimum atomic E-state index is -3.09. The Labute approximate surface area is 123 Å². The quantitative estimate of drug-likeness (QED) is 0.882. The zero-order valence-electron chi connectivity index (χ0n) is 11.6. The summed E-state index contributed by atoms with van der Waals surface area (Å²) in [6.45, 7) is 1.84. The number of nitrogens with zero attached hydrogens (tertiary/aromatic N) is 1. The molecule has 6 heteroatoms. The molecule has 0 spiro atoms. The number of ether oxygens (including phenoxy) is 1. The normalized spacial score (nSPS) is 13.2. The van der Waals surface area contributed by atoms with Crippen LogP contribution in [0.15, 0.2) is 68.8 Å². The highest BCUT2D eigenvalue weighted by atomic mass is 32.2. The van der Waals surface area contributed by atoms with Crippen LogP contribution in [-0.4, -0.2) is 16.9 Å². The lowest BCUT2D eigenvalue weighted by atomic mass is 10.3. The molecule has 0 saturated heterocycles. The molecule has 0 bridgehead atoms. The van der Waals surface area contributed by atoms with E-state index in [1.807, 2.05) is 0 Å². The van der Waals surface area contributed by atoms with Gasteiger partial charge in [-0.25, -0.2) is 9.00 Å². The van der Waals surface area contributed by atoms with Gasteiger partial charge in [0.05, 0.1) is 16.4 Å². The van der Waals surface area contributed by atoms with E-state index in [2.05, 4.69) is 4.36 Å². The second kappa shape index (κ2) is 6.41. The molecule has 0 heterocycles. The van der Waals surface area contributed by atoms with Crippen LogP contribution in [-0.2, 0) is 14.5 Å². The molecule has 0 aromatic heterocycles. The monoisotopic (exact) mass is 304 g/mol. The van der Waals surface area contributed by atoms with E-state index in [1.54, 1.807) is 61.5 Å². The lowest BCUT2D eigenvalue weighted by Gasteiger charge is -2.10. The van der Waals surface area contributed by atoms with E-state index in [9.17, 15) is 9.00 Å². The van der Waals surface area contributed by atoms with E-state index in [-0.39, 0.29) is 6.61 Å². The van der Waals surface area contributed by atoms with Gasteiger partial charge in [-0.05, 0) is 43.3 Å². The number of hydrogen-bond acceptors (Lipinski definition) is 4. The lowest BCUT2D eigenvalue weighted by Crippen LogP contribution is -2.07. The van der Waals surface area contributed by atoms with Crippen LogP contribution in [0.5, 0.6) is 0 Å². The van der Waals surface area contributed by atoms with E-state index in [0.29, 0.717) is 15.5 Å². The number of rotatable bonds is 3. The first-order valence-corrected chi connectivity index (χ1v) is 7.92. The molecule has 2 rings (SSSR count). The van der Waals surface area contributed by atoms with Gasteiger partial charge in [0.1, 0.15) is 9.73 Å². The smallest absolute Gasteiger partial charge is 0.442 e. The summed E-state index contributed by atoms with van der Waals surface area (Å²) in [5, 5.41) is 0. The molecule has 0 fully saturated rings. The summed E-state index contributed by atoms with van der Waals surface area (Å²) in [5.74, 6) is 0. The number of nitrogens with two attached hydrogens (primary N) is 1. The molecule has 0 aliphatic carbocycles. The zero-order chi connectivity index (χ0) is 15.3. The first-order chi connectivity index (χ1) is 10.1. The van der Waals surface area contributed by atoms with Crippen molar-refractivity contribution in [2.45, 2.75) is 16.7 Å². The van der Waals surface area contributed by atoms with Crippen molar-refractivity contribution in [1.82, 2.24) is 0 Å². The van der Waals surface area contributed by atoms with Crippen molar-refractivity contribution in [3.05, 3.63) is 54.6 Å². The van der Waals surface area contributed by atoms with Crippen LogP contribution >= 0.6 is 0 Å². The van der Waals surface area contributed by atoms with Gasteiger partial charge < -0.3 is 10.5 Å². The number of anilines is 1. The predicted octanol–water partition coefficient (Wildman–Crippen LogP) is 3.31. The second-order valence-corrected chi connectivity index (χ2v) is 6.38. The maximum absolute atomic E-state index is 13.3. The Hall–Kier alpha value is -2.34. The minimum absolute atomic E-state index is 0.175. The van der Waals surface area contributed by atoms with Crippen molar-refractivity contribution >= 4 is 21.5 Å². The predicted molar refractivity (Wildman–Crippen MR) is 81.4 cm³/mol. The van der Waals surface area contributed by atoms with Crippen LogP contribution < -0.4 is 5.73 Å². The highest BCUT2D eigenvalue weighted by Crippen LogP contribution is 2.24. The van der Waals surface area contributed by atoms with Gasteiger partial charge in [-0.2, -0.15) is 0 Å². The standard InChI is InChI=1S/C15H16N2O3S/c1-2-20-15(18)17-21(19,13-6-4-3-5-7-13)14-10-8-12(16)9-11-14/h3-11H,2,16H2,1H3. The number of nitrogen functional groups attached to an aromatic ring is 1. The van der Waals surface area contributed by atoms with Crippen LogP contribution in [0.4, 0.5) is 10.5 Å². The number of benzene rings is 2. The summed E-state index contributed by atoms with van der Waals surface area (Å²) in [5.41, 5.74) is 6.19. The second-order valence-electron chi connectivity index (χ2n) is 4.20. The van der Waals surface area contributed by atoms with E-state index in [0.717, 1.165) is 0 Å². The molecule has 2 aromatic rings. The Morgan fingerprint density at radius 3 is 2.24 bits per heavy atom. The molecular weight excluding hydrogens is 288 g/mol. The zero-order valence-corrected chi connectivity index (χ0v) is 12.4. The topological polar surface area (TPSA) is 81.8 Å². The van der Waals surface area contributed by atoms with Gasteiger partial charge in [0.2, 0.25) is 0 Å². The van der Waals surface area contributed by atoms with Crippen LogP contribution in [0.2, 0.25) is 0 Å². The molecular formula is C15H16N2O3S. The van der Waals surface area contributed by atoms with Crippen molar-refractivity contribution in [1.29, 1.82) is 0 Å². The summed E-state index contributed by atoms with van der Waals surface area (Å²) in [6.07, 6.45) is -0.844. The van der Waals surface area contributed by atoms with Crippen LogP contribution in [0, 0.1) is 0 Å². The summed E-state index contributed by atoms with van der Waals surface area (Å²) in [4.78, 5) is 12.5. The summed E-state index contributed by atoms with van der Waals surface area (Å²) < 4.78 is 21.9. The van der Waals surface area contributed by atoms with Gasteiger partial charge >= 0.3 is 6.09 Å². The van der Waals surface area contributed by atoms with E-state index < -0.39 is 15.8 Å². The molecule has 0 aliphatic rings. The number of amides is 1. The molecule has 1 atom stereocenters. The third-order valence-electron chi connectivity index (χ3n) is 2.73. The van der Waals surface area contributed by atoms with Crippen molar-refractivity contribution in [3.63, 3.8) is 0 Å². The Morgan fingerprint density at radius 2 is 1.67 bits per heavy atom. The van der Waals surface area contributed by atoms with Crippen molar-refractivity contribution in [2.75, 3.05) is 12.3 Å². The molecule has 0 radical (unpaired) electrons. The molecule has 0 saturated carbocycles. The molecule has 2 aromatic carbocycles. The van der Waals surface area contributed by atoms with Gasteiger partial charge in [0.25, 0.3) is 0 Å². The lowest BCUT2D eigenvalue weighted by molar-refractivity contribution is 0.164. The fourth-order valence-corrected chi connectivity index (χ4v) is 3.53. The number of carbonyl (C=O) groups is 1. The summed E-state index contributed by atoms with van der Waals surface area (Å²) >= 11 is 0. The SMILES string of the molecule is CCOC(=O)N=S(=O)(c1ccccc1)c1ccc(N)cc1. The van der Waals surface area contributed by atoms with E-state index in [1.165, 1.54) is 0 Å². The number of carbonyl (C=O) groups excluding carboxylic acids is 1. The van der Waals surface area contributed by atoms with E-state index >= 15 is 0 Å². The Bertz CT molecular complexity index is 733. The van der Waals surface area contributed by atoms with Crippen LogP contribution in [0.1, 0.15) is 6.92 Å². The molecule has 1 unspecified atom stereocenters. The summed E-state index contributed by atoms with van der Waals surface area (Å²) in [7, 11) is -3.09. The Kier molecular flexibility index (Phi) is 4.59. The van der Waals surface area contributed by atoms with Gasteiger partial charge in [-0.3, -0.25) is 0 Å². The first kappa shape index (κ1) is 15.1. The average Bonchev–Trinajstić information content (AvgIpc) is 2.49. The van der Waals surface area contributed by atoms with Gasteiger partial charge in [0.15, 0.2) is 0 Å². The van der Waals surface area contributed by atoms with Crippen LogP contribution in [0.25, 0.3) is 0 Å². The fraction of sp³-hybridized carbons (Fsp3) is 0.133. The van der Waals surface area contributed by atoms with Crippen molar-refractivity contribution in [3.8, 4) is 0 Å². The van der Waals surface area contributed by atoms with Crippen molar-refractivity contribution in [2.24, 2.45) is 4.36 Å². The average molecular weight is 304 g/mol. The Morgan fingerprint density at radius 1 is 1.10 bits per heavy atom. The van der Waals surface area contributed by atoms with Crippen LogP contribution in [0.3, 0.4) is 0 Å². The molecule has 2 N–H and O–H groups in total. The largest absolute Gasteiger partial charge is 0.448 e. The van der Waals surface area contributed by atoms with Crippen molar-refractivity contribution < 1.29 is 13.7 Å². The first-order valence-electron chi connectivity index (χ1n) is 6.41. The summed E-state index contributed by atoms with van der Waals surface area (Å²) in [6, 6.07) is 15.1. The Balaban J connectivity index is 2.62. The molecule has 110 valence electrons. The highest BCUT2D eigenvalue weighted by molar-refractivity contribution is 7.94. The van der Waals surface area contributed by atoms with E-state index in [4.69, 9.17) is 10.5 Å². The molecule has 5 nitrogen and oxygen atoms in total. The number of hydrogen-bond donors (Lipinski definition) is 1. The highest BCUT2D eigenvalue weighted by Gasteiger charge is 2.18. The fourth-order valence-electron chi connectivity index (χ4n) is 1.75. The van der Waals surface area contributed by atoms with Gasteiger partial charge in [-0.15, -0.1) is 4.36 Å². The maximum Gasteiger partial charge on any atom is 0.442 e. The maximum atomic E-state index is 13.3. The molecule has 1 amide bonds. The molecule has 0 aliphatic heterocycles. The van der Waals surface area contributed by atoms with Gasteiger partial charge in [-0.1, -0.05) is 18.2 Å². The minimum Gasteiger partial charge on any atom is -0.448 e. The third kappa shape index (κ3) is 3.41. The van der Waals surface area contributed by atoms with Gasteiger partial charge in [0, 0.05) is 5.69 Å².